The lowest BCUT2D eigenvalue weighted by Gasteiger charge is -2.29. The van der Waals surface area contributed by atoms with Gasteiger partial charge < -0.3 is 19.8 Å². The van der Waals surface area contributed by atoms with Crippen molar-refractivity contribution >= 4 is 23.8 Å². The molecule has 9 heteroatoms. The van der Waals surface area contributed by atoms with Crippen LogP contribution in [0.5, 0.6) is 5.75 Å². The third kappa shape index (κ3) is 9.28. The minimum atomic E-state index is -0.593. The fraction of sp³-hybridized carbons (Fsp3) is 0.500. The quantitative estimate of drug-likeness (QED) is 0.0546. The van der Waals surface area contributed by atoms with Crippen molar-refractivity contribution in [2.75, 3.05) is 13.3 Å². The molecular weight excluding hydrogens is 498 g/mol. The Morgan fingerprint density at radius 2 is 1.87 bits per heavy atom. The van der Waals surface area contributed by atoms with Crippen LogP contribution >= 0.6 is 0 Å². The Morgan fingerprint density at radius 3 is 2.49 bits per heavy atom. The van der Waals surface area contributed by atoms with Crippen LogP contribution in [-0.2, 0) is 9.59 Å². The molecule has 1 heterocycles. The van der Waals surface area contributed by atoms with E-state index in [2.05, 4.69) is 17.6 Å². The SMILES string of the molecule is CC/C=C(/NCNC(=O)C(CCCCC)C(CC)N(O)C=O)c1ccc(-c2cc(OCC)cc(C(C)=O)c2)o1. The number of amides is 2. The van der Waals surface area contributed by atoms with Gasteiger partial charge in [0.1, 0.15) is 17.3 Å². The highest BCUT2D eigenvalue weighted by Gasteiger charge is 2.30. The molecule has 39 heavy (non-hydrogen) atoms. The Morgan fingerprint density at radius 1 is 1.10 bits per heavy atom. The molecule has 0 fully saturated rings. The standard InChI is InChI=1S/C30H43N3O6/c1-6-10-11-13-25(27(8-3)33(37)20-34)30(36)32-19-31-26(12-7-2)29-15-14-28(39-29)23-16-22(21(5)35)17-24(18-23)38-9-4/h12,14-18,20,25,27,31,37H,6-11,13,19H2,1-5H3,(H,32,36)/b26-12+. The molecule has 2 aromatic rings. The Kier molecular flexibility index (Phi) is 13.3. The molecule has 0 aliphatic heterocycles. The van der Waals surface area contributed by atoms with Crippen LogP contribution in [0, 0.1) is 5.92 Å². The van der Waals surface area contributed by atoms with Crippen LogP contribution in [0.4, 0.5) is 0 Å². The number of nitrogens with zero attached hydrogens (tertiary/aromatic N) is 1. The first-order valence-corrected chi connectivity index (χ1v) is 13.8. The van der Waals surface area contributed by atoms with E-state index in [9.17, 15) is 19.6 Å². The molecule has 2 atom stereocenters. The molecule has 2 unspecified atom stereocenters. The number of carbonyl (C=O) groups is 3. The highest BCUT2D eigenvalue weighted by molar-refractivity contribution is 5.95. The highest BCUT2D eigenvalue weighted by Crippen LogP contribution is 2.30. The normalized spacial score (nSPS) is 12.9. The summed E-state index contributed by atoms with van der Waals surface area (Å²) >= 11 is 0. The van der Waals surface area contributed by atoms with Gasteiger partial charge in [0, 0.05) is 11.1 Å². The van der Waals surface area contributed by atoms with Gasteiger partial charge in [-0.1, -0.05) is 46.1 Å². The maximum Gasteiger partial charge on any atom is 0.233 e. The van der Waals surface area contributed by atoms with Crippen LogP contribution < -0.4 is 15.4 Å². The van der Waals surface area contributed by atoms with Gasteiger partial charge in [-0.3, -0.25) is 19.6 Å². The average Bonchev–Trinajstić information content (AvgIpc) is 3.42. The van der Waals surface area contributed by atoms with E-state index in [0.29, 0.717) is 59.5 Å². The van der Waals surface area contributed by atoms with E-state index >= 15 is 0 Å². The van der Waals surface area contributed by atoms with E-state index < -0.39 is 12.0 Å². The van der Waals surface area contributed by atoms with E-state index in [4.69, 9.17) is 9.15 Å². The summed E-state index contributed by atoms with van der Waals surface area (Å²) in [4.78, 5) is 36.3. The highest BCUT2D eigenvalue weighted by atomic mass is 16.5. The minimum Gasteiger partial charge on any atom is -0.494 e. The fourth-order valence-electron chi connectivity index (χ4n) is 4.50. The number of nitrogens with one attached hydrogen (secondary N) is 2. The molecule has 3 N–H and O–H groups in total. The summed E-state index contributed by atoms with van der Waals surface area (Å²) in [5.74, 6) is 0.941. The number of hydrogen-bond acceptors (Lipinski definition) is 7. The first-order chi connectivity index (χ1) is 18.8. The van der Waals surface area contributed by atoms with Crippen molar-refractivity contribution in [2.45, 2.75) is 79.2 Å². The van der Waals surface area contributed by atoms with Crippen molar-refractivity contribution in [2.24, 2.45) is 5.92 Å². The van der Waals surface area contributed by atoms with E-state index in [1.54, 1.807) is 12.1 Å². The Hall–Kier alpha value is -3.59. The molecule has 214 valence electrons. The van der Waals surface area contributed by atoms with Crippen LogP contribution in [0.1, 0.15) is 89.3 Å². The molecule has 0 aliphatic rings. The summed E-state index contributed by atoms with van der Waals surface area (Å²) in [6, 6.07) is 8.40. The summed E-state index contributed by atoms with van der Waals surface area (Å²) in [5, 5.41) is 16.8. The molecule has 0 saturated heterocycles. The number of hydrogen-bond donors (Lipinski definition) is 3. The monoisotopic (exact) mass is 541 g/mol. The lowest BCUT2D eigenvalue weighted by molar-refractivity contribution is -0.168. The second-order valence-corrected chi connectivity index (χ2v) is 9.38. The average molecular weight is 542 g/mol. The van der Waals surface area contributed by atoms with E-state index in [1.165, 1.54) is 6.92 Å². The maximum atomic E-state index is 13.1. The zero-order chi connectivity index (χ0) is 28.8. The number of furan rings is 1. The maximum absolute atomic E-state index is 13.1. The summed E-state index contributed by atoms with van der Waals surface area (Å²) < 4.78 is 11.8. The molecule has 1 aromatic heterocycles. The molecule has 0 radical (unpaired) electrons. The van der Waals surface area contributed by atoms with Gasteiger partial charge in [0.2, 0.25) is 12.3 Å². The predicted octanol–water partition coefficient (Wildman–Crippen LogP) is 5.78. The lowest BCUT2D eigenvalue weighted by Crippen LogP contribution is -2.46. The molecule has 0 spiro atoms. The van der Waals surface area contributed by atoms with E-state index in [0.717, 1.165) is 31.2 Å². The lowest BCUT2D eigenvalue weighted by atomic mass is 9.90. The topological polar surface area (TPSA) is 121 Å². The summed E-state index contributed by atoms with van der Waals surface area (Å²) in [7, 11) is 0. The molecule has 0 aliphatic carbocycles. The number of ketones is 1. The van der Waals surface area contributed by atoms with E-state index in [1.807, 2.05) is 45.0 Å². The first-order valence-electron chi connectivity index (χ1n) is 13.8. The number of hydroxylamine groups is 2. The van der Waals surface area contributed by atoms with Crippen molar-refractivity contribution in [3.8, 4) is 17.1 Å². The predicted molar refractivity (Wildman–Crippen MR) is 151 cm³/mol. The smallest absolute Gasteiger partial charge is 0.233 e. The van der Waals surface area contributed by atoms with Crippen LogP contribution in [-0.4, -0.2) is 47.7 Å². The second-order valence-electron chi connectivity index (χ2n) is 9.38. The molecular formula is C30H43N3O6. The zero-order valence-electron chi connectivity index (χ0n) is 23.8. The van der Waals surface area contributed by atoms with Crippen molar-refractivity contribution in [1.82, 2.24) is 15.7 Å². The van der Waals surface area contributed by atoms with Crippen LogP contribution in [0.15, 0.2) is 40.8 Å². The molecule has 1 aromatic carbocycles. The van der Waals surface area contributed by atoms with Crippen molar-refractivity contribution in [3.05, 3.63) is 47.7 Å². The van der Waals surface area contributed by atoms with Crippen molar-refractivity contribution < 1.29 is 28.7 Å². The van der Waals surface area contributed by atoms with Gasteiger partial charge in [-0.25, -0.2) is 5.06 Å². The summed E-state index contributed by atoms with van der Waals surface area (Å²) in [6.07, 6.45) is 6.88. The van der Waals surface area contributed by atoms with Crippen molar-refractivity contribution in [1.29, 1.82) is 0 Å². The van der Waals surface area contributed by atoms with Crippen molar-refractivity contribution in [3.63, 3.8) is 0 Å². The van der Waals surface area contributed by atoms with Gasteiger partial charge in [-0.05, 0) is 63.4 Å². The molecule has 2 rings (SSSR count). The van der Waals surface area contributed by atoms with Gasteiger partial charge >= 0.3 is 0 Å². The zero-order valence-corrected chi connectivity index (χ0v) is 23.8. The largest absolute Gasteiger partial charge is 0.494 e. The minimum absolute atomic E-state index is 0.0654. The van der Waals surface area contributed by atoms with Gasteiger partial charge in [-0.2, -0.15) is 0 Å². The third-order valence-electron chi connectivity index (χ3n) is 6.52. The molecule has 2 amide bonds. The molecule has 0 saturated carbocycles. The molecule has 0 bridgehead atoms. The number of unbranched alkanes of at least 4 members (excludes halogenated alkanes) is 2. The number of allylic oxidation sites excluding steroid dienone is 1. The van der Waals surface area contributed by atoms with Crippen LogP contribution in [0.3, 0.4) is 0 Å². The van der Waals surface area contributed by atoms with Crippen LogP contribution in [0.2, 0.25) is 0 Å². The Balaban J connectivity index is 2.17. The van der Waals surface area contributed by atoms with Gasteiger partial charge in [0.05, 0.1) is 30.9 Å². The summed E-state index contributed by atoms with van der Waals surface area (Å²) in [6.45, 7) is 9.94. The van der Waals surface area contributed by atoms with Gasteiger partial charge in [-0.15, -0.1) is 0 Å². The fourth-order valence-corrected chi connectivity index (χ4v) is 4.50. The first kappa shape index (κ1) is 31.6. The number of benzene rings is 1. The Labute approximate surface area is 231 Å². The number of carbonyl (C=O) groups excluding carboxylic acids is 3. The number of rotatable bonds is 18. The third-order valence-corrected chi connectivity index (χ3v) is 6.52. The second kappa shape index (κ2) is 16.4. The van der Waals surface area contributed by atoms with Gasteiger partial charge in [0.15, 0.2) is 5.78 Å². The van der Waals surface area contributed by atoms with Crippen LogP contribution in [0.25, 0.3) is 17.0 Å². The van der Waals surface area contributed by atoms with Gasteiger partial charge in [0.25, 0.3) is 0 Å². The number of Topliss-reactive ketones (excluding diaryl/α,β-unsaturated/α-hetero) is 1. The molecule has 9 nitrogen and oxygen atoms in total. The number of ether oxygens (including phenoxy) is 1. The summed E-state index contributed by atoms with van der Waals surface area (Å²) in [5.41, 5.74) is 1.97. The van der Waals surface area contributed by atoms with E-state index in [-0.39, 0.29) is 18.4 Å². The Bertz CT molecular complexity index is 1110.